The van der Waals surface area contributed by atoms with Crippen molar-refractivity contribution in [1.29, 1.82) is 0 Å². The first-order chi connectivity index (χ1) is 32.0. The zero-order valence-corrected chi connectivity index (χ0v) is 43.8. The second kappa shape index (κ2) is 16.0. The van der Waals surface area contributed by atoms with Gasteiger partial charge in [-0.05, 0) is 0 Å². The van der Waals surface area contributed by atoms with Gasteiger partial charge in [-0.15, -0.1) is 0 Å². The summed E-state index contributed by atoms with van der Waals surface area (Å²) in [6, 6.07) is 50.4. The van der Waals surface area contributed by atoms with Crippen LogP contribution in [0.4, 0.5) is 17.1 Å². The minimum absolute atomic E-state index is 0.0439. The number of nitrogens with zero attached hydrogens (tertiary/aromatic N) is 1. The predicted octanol–water partition coefficient (Wildman–Crippen LogP) is 13.8. The Bertz CT molecular complexity index is 3050. The molecule has 2 heterocycles. The van der Waals surface area contributed by atoms with Gasteiger partial charge < -0.3 is 0 Å². The summed E-state index contributed by atoms with van der Waals surface area (Å²) in [6.45, 7) is 32.0. The van der Waals surface area contributed by atoms with Crippen molar-refractivity contribution in [2.75, 3.05) is 4.90 Å². The molecule has 0 N–H and O–H groups in total. The van der Waals surface area contributed by atoms with Crippen molar-refractivity contribution >= 4 is 64.0 Å². The van der Waals surface area contributed by atoms with Crippen LogP contribution in [0.5, 0.6) is 0 Å². The molecule has 0 fully saturated rings. The fourth-order valence-corrected chi connectivity index (χ4v) is 12.3. The Morgan fingerprint density at radius 1 is 0.409 bits per heavy atom. The van der Waals surface area contributed by atoms with Crippen LogP contribution in [0.3, 0.4) is 0 Å². The van der Waals surface area contributed by atoms with Crippen molar-refractivity contribution in [1.82, 2.24) is 0 Å². The number of benzene rings is 7. The summed E-state index contributed by atoms with van der Waals surface area (Å²) in [5, 5.41) is 0. The number of hydrogen-bond donors (Lipinski definition) is 0. The Morgan fingerprint density at radius 3 is 1.45 bits per heavy atom. The summed E-state index contributed by atoms with van der Waals surface area (Å²) in [7, 11) is 0. The number of aryl methyl sites for hydroxylation is 1. The predicted molar refractivity (Wildman–Crippen MR) is 292 cm³/mol. The van der Waals surface area contributed by atoms with Crippen LogP contribution in [0.25, 0.3) is 33.4 Å². The molecule has 0 saturated carbocycles. The van der Waals surface area contributed by atoms with E-state index in [4.69, 9.17) is 4.11 Å². The normalized spacial score (nSPS) is 14.8. The van der Waals surface area contributed by atoms with E-state index in [2.05, 4.69) is 230 Å². The van der Waals surface area contributed by atoms with Gasteiger partial charge in [-0.1, -0.05) is 0 Å². The van der Waals surface area contributed by atoms with E-state index in [0.29, 0.717) is 5.56 Å². The molecule has 0 saturated heterocycles. The Hall–Kier alpha value is -5.08. The summed E-state index contributed by atoms with van der Waals surface area (Å²) in [5.74, 6) is 0. The number of fused-ring (bicyclic) bond motifs is 4. The molecule has 1 nitrogen and oxygen atoms in total. The maximum atomic E-state index is 8.97. The summed E-state index contributed by atoms with van der Waals surface area (Å²) >= 11 is -0.137. The fourth-order valence-electron chi connectivity index (χ4n) is 9.86. The number of hydrogen-bond acceptors (Lipinski definition) is 1. The second-order valence-corrected chi connectivity index (χ2v) is 26.5. The molecular formula is C63H70BNSe. The number of anilines is 3. The molecule has 66 heavy (non-hydrogen) atoms. The van der Waals surface area contributed by atoms with Crippen molar-refractivity contribution < 1.29 is 4.11 Å². The first-order valence-corrected chi connectivity index (χ1v) is 25.7. The zero-order chi connectivity index (χ0) is 50.0. The standard InChI is InChI=1S/C63H70BNSe/c1-39-30-54-57-56(31-39)66-55-29-27-46(61(8,9)10)38-52(55)64(57)51-36-40(43-34-47(62(11,12)13)37-48(35-43)63(14,15)16)26-28-53(51)65(54)58-49(41-20-17-22-44(32-41)59(2,3)4)24-19-25-50(58)42-21-18-23-45(33-42)60(5,6)7/h17-38H,1-16H3/i1D3. The van der Waals surface area contributed by atoms with Crippen molar-refractivity contribution in [2.45, 2.75) is 138 Å². The molecule has 0 aliphatic carbocycles. The van der Waals surface area contributed by atoms with Gasteiger partial charge in [0.1, 0.15) is 0 Å². The van der Waals surface area contributed by atoms with E-state index in [1.54, 1.807) is 0 Å². The van der Waals surface area contributed by atoms with Crippen molar-refractivity contribution in [2.24, 2.45) is 0 Å². The van der Waals surface area contributed by atoms with Crippen LogP contribution < -0.4 is 30.2 Å². The number of para-hydroxylation sites is 1. The van der Waals surface area contributed by atoms with Gasteiger partial charge in [0, 0.05) is 0 Å². The van der Waals surface area contributed by atoms with E-state index >= 15 is 0 Å². The third kappa shape index (κ3) is 8.45. The maximum absolute atomic E-state index is 8.97. The van der Waals surface area contributed by atoms with Gasteiger partial charge in [-0.2, -0.15) is 0 Å². The van der Waals surface area contributed by atoms with Crippen LogP contribution in [0.2, 0.25) is 0 Å². The van der Waals surface area contributed by atoms with E-state index in [1.807, 2.05) is 12.1 Å². The summed E-state index contributed by atoms with van der Waals surface area (Å²) in [5.41, 5.74) is 20.3. The van der Waals surface area contributed by atoms with Crippen LogP contribution in [-0.4, -0.2) is 21.7 Å². The molecule has 0 spiro atoms. The Morgan fingerprint density at radius 2 is 0.924 bits per heavy atom. The zero-order valence-electron chi connectivity index (χ0n) is 45.1. The van der Waals surface area contributed by atoms with Crippen molar-refractivity contribution in [3.63, 3.8) is 0 Å². The molecule has 0 radical (unpaired) electrons. The Balaban J connectivity index is 1.44. The molecule has 9 rings (SSSR count). The quantitative estimate of drug-likeness (QED) is 0.159. The van der Waals surface area contributed by atoms with Crippen LogP contribution in [0.1, 0.15) is 141 Å². The molecule has 0 atom stereocenters. The SMILES string of the molecule is [2H]C([2H])([2H])c1cc2c3c(c1)N(c1c(-c4cccc(C(C)(C)C)c4)cccc1-c1cccc(C(C)(C)C)c1)c1ccc(-c4cc(C(C)(C)C)cc(C(C)(C)C)c4)cc1B3c1cc(C(C)(C)C)ccc1[Se]2. The molecule has 336 valence electrons. The molecule has 0 aromatic heterocycles. The molecule has 7 aromatic carbocycles. The van der Waals surface area contributed by atoms with Gasteiger partial charge in [0.25, 0.3) is 0 Å². The van der Waals surface area contributed by atoms with Gasteiger partial charge in [0.15, 0.2) is 0 Å². The Kier molecular flexibility index (Phi) is 10.3. The van der Waals surface area contributed by atoms with E-state index in [1.165, 1.54) is 59.8 Å². The summed E-state index contributed by atoms with van der Waals surface area (Å²) in [6.07, 6.45) is 0. The van der Waals surface area contributed by atoms with Crippen LogP contribution in [-0.2, 0) is 27.1 Å². The van der Waals surface area contributed by atoms with E-state index < -0.39 is 6.85 Å². The van der Waals surface area contributed by atoms with Crippen LogP contribution in [0.15, 0.2) is 133 Å². The molecule has 7 aromatic rings. The van der Waals surface area contributed by atoms with Gasteiger partial charge in [0.05, 0.1) is 0 Å². The van der Waals surface area contributed by atoms with E-state index in [9.17, 15) is 0 Å². The van der Waals surface area contributed by atoms with Gasteiger partial charge in [-0.25, -0.2) is 0 Å². The van der Waals surface area contributed by atoms with Gasteiger partial charge in [0.2, 0.25) is 0 Å². The summed E-state index contributed by atoms with van der Waals surface area (Å²) in [4.78, 5) is 2.47. The fraction of sp³-hybridized carbons (Fsp3) is 0.333. The third-order valence-electron chi connectivity index (χ3n) is 14.0. The molecule has 3 heteroatoms. The van der Waals surface area contributed by atoms with Gasteiger partial charge in [-0.3, -0.25) is 0 Å². The first-order valence-electron chi connectivity index (χ1n) is 25.4. The molecule has 0 bridgehead atoms. The average Bonchev–Trinajstić information content (AvgIpc) is 3.26. The monoisotopic (exact) mass is 934 g/mol. The summed E-state index contributed by atoms with van der Waals surface area (Å²) < 4.78 is 29.4. The molecule has 0 unspecified atom stereocenters. The molecule has 2 aliphatic heterocycles. The average molecular weight is 934 g/mol. The third-order valence-corrected chi connectivity index (χ3v) is 16.4. The van der Waals surface area contributed by atoms with Crippen LogP contribution in [0, 0.1) is 6.85 Å². The van der Waals surface area contributed by atoms with E-state index in [-0.39, 0.29) is 48.7 Å². The van der Waals surface area contributed by atoms with Gasteiger partial charge >= 0.3 is 411 Å². The number of rotatable bonds is 4. The molecular weight excluding hydrogens is 860 g/mol. The Labute approximate surface area is 409 Å². The first kappa shape index (κ1) is 42.3. The molecule has 2 aliphatic rings. The molecule has 0 amide bonds. The second-order valence-electron chi connectivity index (χ2n) is 24.2. The topological polar surface area (TPSA) is 3.24 Å². The van der Waals surface area contributed by atoms with Crippen molar-refractivity contribution in [3.05, 3.63) is 167 Å². The van der Waals surface area contributed by atoms with E-state index in [0.717, 1.165) is 43.8 Å². The van der Waals surface area contributed by atoms with Crippen molar-refractivity contribution in [3.8, 4) is 33.4 Å². The minimum atomic E-state index is -2.31. The van der Waals surface area contributed by atoms with Crippen LogP contribution >= 0.6 is 0 Å².